The minimum atomic E-state index is 0.360. The smallest absolute Gasteiger partial charge is 0.0967 e. The maximum absolute atomic E-state index is 5.94. The van der Waals surface area contributed by atoms with Crippen LogP contribution < -0.4 is 10.9 Å². The van der Waals surface area contributed by atoms with Crippen molar-refractivity contribution in [2.75, 3.05) is 0 Å². The van der Waals surface area contributed by atoms with Gasteiger partial charge >= 0.3 is 0 Å². The second kappa shape index (κ2) is 5.04. The summed E-state index contributed by atoms with van der Waals surface area (Å²) in [5.74, 6) is 1.75. The summed E-state index contributed by atoms with van der Waals surface area (Å²) >= 11 is 0. The molecule has 0 aliphatic heterocycles. The number of hydrogen-bond donors (Lipinski definition) is 0. The van der Waals surface area contributed by atoms with Crippen LogP contribution in [0.4, 0.5) is 0 Å². The zero-order chi connectivity index (χ0) is 16.4. The zero-order valence-corrected chi connectivity index (χ0v) is 14.2. The summed E-state index contributed by atoms with van der Waals surface area (Å²) in [5.41, 5.74) is 5.50. The molecule has 0 N–H and O–H groups in total. The Labute approximate surface area is 147 Å². The molecular weight excluding hydrogens is 286 g/mol. The molecule has 2 aromatic carbocycles. The normalized spacial score (nSPS) is 36.8. The van der Waals surface area contributed by atoms with E-state index in [0.29, 0.717) is 10.8 Å². The average molecular weight is 308 g/mol. The number of rotatable bonds is 2. The van der Waals surface area contributed by atoms with Crippen LogP contribution in [0.5, 0.6) is 0 Å². The highest BCUT2D eigenvalue weighted by Crippen LogP contribution is 2.66. The molecule has 0 saturated heterocycles. The van der Waals surface area contributed by atoms with Crippen LogP contribution >= 0.6 is 0 Å². The van der Waals surface area contributed by atoms with E-state index in [2.05, 4.69) is 48.5 Å². The van der Waals surface area contributed by atoms with Crippen molar-refractivity contribution in [3.8, 4) is 0 Å². The number of hydrogen-bond acceptors (Lipinski definition) is 0. The van der Waals surface area contributed by atoms with Gasteiger partial charge in [0.1, 0.15) is 15.7 Å². The molecule has 0 amide bonds. The highest BCUT2D eigenvalue weighted by Gasteiger charge is 2.58. The zero-order valence-electron chi connectivity index (χ0n) is 14.2. The van der Waals surface area contributed by atoms with E-state index in [1.165, 1.54) is 49.7 Å². The maximum atomic E-state index is 5.94. The van der Waals surface area contributed by atoms with Crippen molar-refractivity contribution >= 4 is 26.6 Å². The van der Waals surface area contributed by atoms with Crippen LogP contribution in [0, 0.1) is 11.8 Å². The first-order valence-electron chi connectivity index (χ1n) is 9.29. The molecule has 4 saturated carbocycles. The predicted octanol–water partition coefficient (Wildman–Crippen LogP) is 3.06. The summed E-state index contributed by atoms with van der Waals surface area (Å²) in [6.45, 7) is 0. The summed E-state index contributed by atoms with van der Waals surface area (Å²) in [4.78, 5) is 0. The summed E-state index contributed by atoms with van der Waals surface area (Å²) in [6.07, 6.45) is 8.19. The van der Waals surface area contributed by atoms with Gasteiger partial charge < -0.3 is 0 Å². The van der Waals surface area contributed by atoms with Crippen LogP contribution in [0.15, 0.2) is 48.5 Å². The topological polar surface area (TPSA) is 0 Å². The molecule has 0 unspecified atom stereocenters. The van der Waals surface area contributed by atoms with E-state index in [-0.39, 0.29) is 0 Å². The molecule has 4 radical (unpaired) electrons. The van der Waals surface area contributed by atoms with Crippen molar-refractivity contribution in [2.45, 2.75) is 49.4 Å². The standard InChI is InChI=1S/C22H22B2/c23-19-5-1-17(2-6-19)21-10-15-9-16(11-21)13-22(12-15,14-21)18-3-7-20(24)8-4-18/h1-8,15-16H,9-14H2. The first kappa shape index (κ1) is 14.9. The van der Waals surface area contributed by atoms with Gasteiger partial charge in [-0.15, -0.1) is 0 Å². The molecule has 4 aliphatic carbocycles. The molecule has 0 atom stereocenters. The molecule has 6 rings (SSSR count). The summed E-state index contributed by atoms with van der Waals surface area (Å²) in [5, 5.41) is 0. The van der Waals surface area contributed by atoms with E-state index in [1.54, 1.807) is 0 Å². The van der Waals surface area contributed by atoms with Gasteiger partial charge in [0.05, 0.1) is 0 Å². The van der Waals surface area contributed by atoms with Crippen molar-refractivity contribution in [3.05, 3.63) is 59.7 Å². The Morgan fingerprint density at radius 1 is 0.625 bits per heavy atom. The van der Waals surface area contributed by atoms with Gasteiger partial charge in [-0.25, -0.2) is 0 Å². The summed E-state index contributed by atoms with van der Waals surface area (Å²) in [7, 11) is 11.9. The molecule has 4 bridgehead atoms. The van der Waals surface area contributed by atoms with Gasteiger partial charge in [0.15, 0.2) is 0 Å². The van der Waals surface area contributed by atoms with E-state index in [1.807, 2.05) is 0 Å². The lowest BCUT2D eigenvalue weighted by Gasteiger charge is -2.63. The third kappa shape index (κ3) is 2.15. The third-order valence-corrected chi connectivity index (χ3v) is 7.11. The molecule has 0 nitrogen and oxygen atoms in total. The summed E-state index contributed by atoms with van der Waals surface area (Å²) < 4.78 is 0. The van der Waals surface area contributed by atoms with Crippen LogP contribution in [0.2, 0.25) is 0 Å². The molecule has 0 spiro atoms. The van der Waals surface area contributed by atoms with Crippen molar-refractivity contribution in [3.63, 3.8) is 0 Å². The van der Waals surface area contributed by atoms with Crippen LogP contribution in [0.3, 0.4) is 0 Å². The van der Waals surface area contributed by atoms with E-state index < -0.39 is 0 Å². The lowest BCUT2D eigenvalue weighted by molar-refractivity contribution is -0.0281. The van der Waals surface area contributed by atoms with Crippen molar-refractivity contribution in [1.82, 2.24) is 0 Å². The highest BCUT2D eigenvalue weighted by atomic mass is 14.6. The Morgan fingerprint density at radius 2 is 1.00 bits per heavy atom. The van der Waals surface area contributed by atoms with E-state index in [9.17, 15) is 0 Å². The van der Waals surface area contributed by atoms with Crippen molar-refractivity contribution in [2.24, 2.45) is 11.8 Å². The van der Waals surface area contributed by atoms with E-state index >= 15 is 0 Å². The highest BCUT2D eigenvalue weighted by molar-refractivity contribution is 6.32. The van der Waals surface area contributed by atoms with Crippen LogP contribution in [-0.4, -0.2) is 15.7 Å². The van der Waals surface area contributed by atoms with Crippen LogP contribution in [0.25, 0.3) is 0 Å². The van der Waals surface area contributed by atoms with Gasteiger partial charge in [-0.2, -0.15) is 0 Å². The molecule has 116 valence electrons. The molecular formula is C22H22B2. The Hall–Kier alpha value is -1.43. The van der Waals surface area contributed by atoms with E-state index in [4.69, 9.17) is 15.7 Å². The minimum absolute atomic E-state index is 0.360. The fourth-order valence-electron chi connectivity index (χ4n) is 6.61. The molecule has 2 heteroatoms. The van der Waals surface area contributed by atoms with Gasteiger partial charge in [0.2, 0.25) is 0 Å². The Balaban J connectivity index is 1.59. The van der Waals surface area contributed by atoms with Gasteiger partial charge in [-0.05, 0) is 72.3 Å². The second-order valence-electron chi connectivity index (χ2n) is 8.77. The van der Waals surface area contributed by atoms with Crippen LogP contribution in [-0.2, 0) is 10.8 Å². The second-order valence-corrected chi connectivity index (χ2v) is 8.77. The molecule has 2 aromatic rings. The van der Waals surface area contributed by atoms with Gasteiger partial charge in [0, 0.05) is 0 Å². The van der Waals surface area contributed by atoms with Gasteiger partial charge in [0.25, 0.3) is 0 Å². The fraction of sp³-hybridized carbons (Fsp3) is 0.455. The predicted molar refractivity (Wildman–Crippen MR) is 102 cm³/mol. The third-order valence-electron chi connectivity index (χ3n) is 7.11. The maximum Gasteiger partial charge on any atom is 0.113 e. The summed E-state index contributed by atoms with van der Waals surface area (Å²) in [6, 6.07) is 17.5. The Bertz CT molecular complexity index is 682. The van der Waals surface area contributed by atoms with Crippen molar-refractivity contribution < 1.29 is 0 Å². The monoisotopic (exact) mass is 308 g/mol. The SMILES string of the molecule is [B]c1ccc(C23CC4CC(C2)CC(c2ccc([B])cc2)(C4)C3)cc1. The minimum Gasteiger partial charge on any atom is -0.0967 e. The molecule has 4 fully saturated rings. The lowest BCUT2D eigenvalue weighted by atomic mass is 9.41. The lowest BCUT2D eigenvalue weighted by Crippen LogP contribution is -2.56. The number of benzene rings is 2. The Morgan fingerprint density at radius 3 is 1.38 bits per heavy atom. The molecule has 24 heavy (non-hydrogen) atoms. The first-order chi connectivity index (χ1) is 11.6. The Kier molecular flexibility index (Phi) is 3.12. The quantitative estimate of drug-likeness (QED) is 0.748. The first-order valence-corrected chi connectivity index (χ1v) is 9.29. The molecule has 0 aromatic heterocycles. The van der Waals surface area contributed by atoms with Gasteiger partial charge in [-0.1, -0.05) is 59.5 Å². The molecule has 4 aliphatic rings. The fourth-order valence-corrected chi connectivity index (χ4v) is 6.61. The van der Waals surface area contributed by atoms with Crippen LogP contribution in [0.1, 0.15) is 49.7 Å². The van der Waals surface area contributed by atoms with E-state index in [0.717, 1.165) is 22.8 Å². The molecule has 0 heterocycles. The largest absolute Gasteiger partial charge is 0.113 e. The van der Waals surface area contributed by atoms with Gasteiger partial charge in [-0.3, -0.25) is 0 Å². The van der Waals surface area contributed by atoms with Crippen molar-refractivity contribution in [1.29, 1.82) is 0 Å². The average Bonchev–Trinajstić information content (AvgIpc) is 2.54.